The Hall–Kier alpha value is -2.16. The summed E-state index contributed by atoms with van der Waals surface area (Å²) >= 11 is 0. The van der Waals surface area contributed by atoms with E-state index in [1.807, 2.05) is 0 Å². The molecule has 0 spiro atoms. The van der Waals surface area contributed by atoms with Crippen molar-refractivity contribution < 1.29 is 4.79 Å². The van der Waals surface area contributed by atoms with Crippen LogP contribution in [0.3, 0.4) is 0 Å². The Morgan fingerprint density at radius 1 is 1.17 bits per heavy atom. The molecule has 118 valence electrons. The molecule has 0 aromatic heterocycles. The molecule has 4 aliphatic rings. The molecule has 0 radical (unpaired) electrons. The van der Waals surface area contributed by atoms with Gasteiger partial charge in [-0.3, -0.25) is 4.79 Å². The van der Waals surface area contributed by atoms with Crippen molar-refractivity contribution in [1.82, 2.24) is 5.01 Å². The lowest BCUT2D eigenvalue weighted by Crippen LogP contribution is -2.41. The van der Waals surface area contributed by atoms with Gasteiger partial charge in [-0.25, -0.2) is 5.01 Å². The zero-order valence-corrected chi connectivity index (χ0v) is 13.4. The highest BCUT2D eigenvalue weighted by Crippen LogP contribution is 2.40. The van der Waals surface area contributed by atoms with Crippen molar-refractivity contribution in [2.24, 2.45) is 22.9 Å². The van der Waals surface area contributed by atoms with Gasteiger partial charge in [0.15, 0.2) is 0 Å². The van der Waals surface area contributed by atoms with E-state index in [0.29, 0.717) is 11.8 Å². The van der Waals surface area contributed by atoms with E-state index in [1.165, 1.54) is 12.0 Å². The maximum atomic E-state index is 12.1. The molecule has 23 heavy (non-hydrogen) atoms. The van der Waals surface area contributed by atoms with Crippen LogP contribution < -0.4 is 0 Å². The van der Waals surface area contributed by atoms with E-state index >= 15 is 0 Å². The summed E-state index contributed by atoms with van der Waals surface area (Å²) in [6.45, 7) is 1.63. The van der Waals surface area contributed by atoms with Crippen LogP contribution >= 0.6 is 0 Å². The normalized spacial score (nSPS) is 31.4. The van der Waals surface area contributed by atoms with E-state index in [2.05, 4.69) is 54.7 Å². The van der Waals surface area contributed by atoms with Crippen LogP contribution in [0.1, 0.15) is 26.2 Å². The topological polar surface area (TPSA) is 32.7 Å². The van der Waals surface area contributed by atoms with Crippen LogP contribution in [0.2, 0.25) is 0 Å². The maximum Gasteiger partial charge on any atom is 0.239 e. The Morgan fingerprint density at radius 3 is 2.57 bits per heavy atom. The van der Waals surface area contributed by atoms with Gasteiger partial charge in [0.25, 0.3) is 0 Å². The summed E-state index contributed by atoms with van der Waals surface area (Å²) in [5.74, 6) is 1.08. The zero-order valence-electron chi connectivity index (χ0n) is 13.4. The minimum atomic E-state index is 0.0469. The third-order valence-electron chi connectivity index (χ3n) is 5.22. The van der Waals surface area contributed by atoms with E-state index in [1.54, 1.807) is 11.9 Å². The second kappa shape index (κ2) is 5.80. The van der Waals surface area contributed by atoms with Crippen LogP contribution in [0.4, 0.5) is 0 Å². The minimum absolute atomic E-state index is 0.0469. The molecule has 3 heteroatoms. The van der Waals surface area contributed by atoms with Crippen LogP contribution in [0.15, 0.2) is 65.4 Å². The van der Waals surface area contributed by atoms with Gasteiger partial charge in [-0.2, -0.15) is 5.10 Å². The molecule has 0 aromatic rings. The molecule has 1 aliphatic heterocycles. The Balaban J connectivity index is 1.68. The molecule has 1 fully saturated rings. The average Bonchev–Trinajstić information content (AvgIpc) is 3.27. The third-order valence-corrected chi connectivity index (χ3v) is 5.22. The number of carbonyl (C=O) groups is 1. The first kappa shape index (κ1) is 14.4. The first-order valence-corrected chi connectivity index (χ1v) is 8.53. The number of amides is 1. The third kappa shape index (κ3) is 2.54. The zero-order chi connectivity index (χ0) is 15.8. The van der Waals surface area contributed by atoms with Gasteiger partial charge in [-0.1, -0.05) is 54.7 Å². The Bertz CT molecular complexity index is 668. The van der Waals surface area contributed by atoms with Crippen molar-refractivity contribution in [3.63, 3.8) is 0 Å². The van der Waals surface area contributed by atoms with Gasteiger partial charge in [0, 0.05) is 24.7 Å². The fourth-order valence-corrected chi connectivity index (χ4v) is 4.19. The molecule has 3 nitrogen and oxygen atoms in total. The van der Waals surface area contributed by atoms with Gasteiger partial charge in [0.1, 0.15) is 0 Å². The number of hydrazone groups is 1. The molecular weight excluding hydrogens is 284 g/mol. The Kier molecular flexibility index (Phi) is 3.64. The lowest BCUT2D eigenvalue weighted by Gasteiger charge is -2.31. The molecule has 0 saturated heterocycles. The molecule has 2 unspecified atom stereocenters. The van der Waals surface area contributed by atoms with E-state index in [4.69, 9.17) is 5.10 Å². The van der Waals surface area contributed by atoms with Gasteiger partial charge >= 0.3 is 0 Å². The maximum absolute atomic E-state index is 12.1. The standard InChI is InChI=1S/C20H22N2O/c1-14(23)22-20(16-9-4-5-10-16)18-12-6-11-17(19(18)21-22)13-15-7-2-3-8-15/h2-5,7-10,13,15-16,18,20H,6,11-12H2,1H3. The largest absolute Gasteiger partial charge is 0.273 e. The summed E-state index contributed by atoms with van der Waals surface area (Å²) in [5, 5.41) is 6.52. The highest BCUT2D eigenvalue weighted by atomic mass is 16.2. The van der Waals surface area contributed by atoms with Gasteiger partial charge in [-0.05, 0) is 24.8 Å². The molecule has 0 N–H and O–H groups in total. The Labute approximate surface area is 137 Å². The average molecular weight is 306 g/mol. The van der Waals surface area contributed by atoms with E-state index < -0.39 is 0 Å². The lowest BCUT2D eigenvalue weighted by atomic mass is 9.75. The second-order valence-corrected chi connectivity index (χ2v) is 6.72. The molecule has 1 heterocycles. The molecule has 3 aliphatic carbocycles. The molecule has 4 rings (SSSR count). The number of carbonyl (C=O) groups excluding carboxylic acids is 1. The number of nitrogens with zero attached hydrogens (tertiary/aromatic N) is 2. The van der Waals surface area contributed by atoms with Crippen LogP contribution in [0.25, 0.3) is 0 Å². The number of allylic oxidation sites excluding steroid dienone is 8. The molecule has 2 atom stereocenters. The lowest BCUT2D eigenvalue weighted by molar-refractivity contribution is -0.131. The summed E-state index contributed by atoms with van der Waals surface area (Å²) in [7, 11) is 0. The number of rotatable bonds is 2. The highest BCUT2D eigenvalue weighted by molar-refractivity contribution is 6.05. The van der Waals surface area contributed by atoms with Crippen LogP contribution in [-0.2, 0) is 4.79 Å². The predicted molar refractivity (Wildman–Crippen MR) is 92.7 cm³/mol. The fraction of sp³-hybridized carbons (Fsp3) is 0.400. The van der Waals surface area contributed by atoms with Crippen LogP contribution in [0, 0.1) is 17.8 Å². The molecule has 1 saturated carbocycles. The van der Waals surface area contributed by atoms with Crippen molar-refractivity contribution in [2.45, 2.75) is 32.2 Å². The number of hydrogen-bond acceptors (Lipinski definition) is 2. The SMILES string of the molecule is CC(=O)N1N=C2C(=CC3C=CC=C3)CCCC2C1C1C=CC=C1. The van der Waals surface area contributed by atoms with E-state index in [0.717, 1.165) is 18.6 Å². The summed E-state index contributed by atoms with van der Waals surface area (Å²) in [4.78, 5) is 12.1. The van der Waals surface area contributed by atoms with Gasteiger partial charge in [-0.15, -0.1) is 0 Å². The number of fused-ring (bicyclic) bond motifs is 1. The number of hydrogen-bond donors (Lipinski definition) is 0. The highest BCUT2D eigenvalue weighted by Gasteiger charge is 2.44. The minimum Gasteiger partial charge on any atom is -0.273 e. The van der Waals surface area contributed by atoms with Gasteiger partial charge in [0.05, 0.1) is 11.8 Å². The Morgan fingerprint density at radius 2 is 1.87 bits per heavy atom. The fourth-order valence-electron chi connectivity index (χ4n) is 4.19. The van der Waals surface area contributed by atoms with E-state index in [-0.39, 0.29) is 17.9 Å². The second-order valence-electron chi connectivity index (χ2n) is 6.72. The monoisotopic (exact) mass is 306 g/mol. The quantitative estimate of drug-likeness (QED) is 0.764. The molecule has 0 aromatic carbocycles. The first-order valence-electron chi connectivity index (χ1n) is 8.53. The van der Waals surface area contributed by atoms with Crippen molar-refractivity contribution in [3.8, 4) is 0 Å². The van der Waals surface area contributed by atoms with Gasteiger partial charge in [0.2, 0.25) is 5.91 Å². The van der Waals surface area contributed by atoms with Gasteiger partial charge < -0.3 is 0 Å². The van der Waals surface area contributed by atoms with E-state index in [9.17, 15) is 4.79 Å². The summed E-state index contributed by atoms with van der Waals surface area (Å²) in [6, 6.07) is 0.149. The smallest absolute Gasteiger partial charge is 0.239 e. The van der Waals surface area contributed by atoms with Crippen molar-refractivity contribution in [3.05, 3.63) is 60.3 Å². The summed E-state index contributed by atoms with van der Waals surface area (Å²) in [5.41, 5.74) is 2.49. The van der Waals surface area contributed by atoms with Crippen molar-refractivity contribution in [1.29, 1.82) is 0 Å². The van der Waals surface area contributed by atoms with Crippen LogP contribution in [0.5, 0.6) is 0 Å². The molecule has 1 amide bonds. The molecule has 0 bridgehead atoms. The van der Waals surface area contributed by atoms with Crippen molar-refractivity contribution in [2.75, 3.05) is 0 Å². The molecular formula is C20H22N2O. The first-order chi connectivity index (χ1) is 11.2. The van der Waals surface area contributed by atoms with Crippen molar-refractivity contribution >= 4 is 11.6 Å². The van der Waals surface area contributed by atoms with Crippen LogP contribution in [-0.4, -0.2) is 22.7 Å². The summed E-state index contributed by atoms with van der Waals surface area (Å²) < 4.78 is 0. The summed E-state index contributed by atoms with van der Waals surface area (Å²) in [6.07, 6.45) is 22.8. The predicted octanol–water partition coefficient (Wildman–Crippen LogP) is 3.78.